The molecule has 0 aliphatic heterocycles. The Labute approximate surface area is 100 Å². The Hall–Kier alpha value is -2.18. The van der Waals surface area contributed by atoms with Crippen molar-refractivity contribution >= 4 is 10.8 Å². The predicted octanol–water partition coefficient (Wildman–Crippen LogP) is 2.58. The van der Waals surface area contributed by atoms with E-state index < -0.39 is 0 Å². The lowest BCUT2D eigenvalue weighted by atomic mass is 10.0. The number of benzene rings is 1. The van der Waals surface area contributed by atoms with Crippen LogP contribution < -0.4 is 5.32 Å². The van der Waals surface area contributed by atoms with Crippen LogP contribution in [0.15, 0.2) is 49.3 Å². The topological polar surface area (TPSA) is 48.7 Å². The van der Waals surface area contributed by atoms with Gasteiger partial charge in [-0.25, -0.2) is 0 Å². The molecular formula is C14H13N3. The summed E-state index contributed by atoms with van der Waals surface area (Å²) in [7, 11) is 0. The molecule has 1 heterocycles. The van der Waals surface area contributed by atoms with Gasteiger partial charge in [-0.05, 0) is 5.39 Å². The minimum atomic E-state index is -0.355. The van der Waals surface area contributed by atoms with Gasteiger partial charge in [-0.1, -0.05) is 30.3 Å². The van der Waals surface area contributed by atoms with E-state index >= 15 is 0 Å². The zero-order valence-electron chi connectivity index (χ0n) is 9.43. The minimum Gasteiger partial charge on any atom is -0.295 e. The molecule has 3 heteroatoms. The summed E-state index contributed by atoms with van der Waals surface area (Å²) in [6.07, 6.45) is 5.29. The van der Waals surface area contributed by atoms with Crippen LogP contribution in [0, 0.1) is 11.3 Å². The molecule has 1 aromatic carbocycles. The third-order valence-corrected chi connectivity index (χ3v) is 2.61. The molecule has 0 aliphatic rings. The van der Waals surface area contributed by atoms with Gasteiger partial charge in [0, 0.05) is 29.9 Å². The van der Waals surface area contributed by atoms with Crippen LogP contribution in [0.3, 0.4) is 0 Å². The van der Waals surface area contributed by atoms with Crippen molar-refractivity contribution < 1.29 is 0 Å². The minimum absolute atomic E-state index is 0.355. The molecule has 1 N–H and O–H groups in total. The van der Waals surface area contributed by atoms with Crippen molar-refractivity contribution in [2.24, 2.45) is 0 Å². The van der Waals surface area contributed by atoms with Crippen molar-refractivity contribution in [3.63, 3.8) is 0 Å². The highest BCUT2D eigenvalue weighted by Gasteiger charge is 2.12. The zero-order chi connectivity index (χ0) is 12.1. The Balaban J connectivity index is 2.46. The maximum absolute atomic E-state index is 9.19. The van der Waals surface area contributed by atoms with Gasteiger partial charge in [0.15, 0.2) is 0 Å². The molecule has 0 bridgehead atoms. The van der Waals surface area contributed by atoms with E-state index in [0.29, 0.717) is 6.54 Å². The highest BCUT2D eigenvalue weighted by molar-refractivity contribution is 5.85. The van der Waals surface area contributed by atoms with Gasteiger partial charge >= 0.3 is 0 Å². The van der Waals surface area contributed by atoms with Crippen LogP contribution in [0.5, 0.6) is 0 Å². The molecule has 17 heavy (non-hydrogen) atoms. The first-order valence-electron chi connectivity index (χ1n) is 5.43. The van der Waals surface area contributed by atoms with E-state index in [9.17, 15) is 5.26 Å². The molecular weight excluding hydrogens is 210 g/mol. The predicted molar refractivity (Wildman–Crippen MR) is 68.3 cm³/mol. The Kier molecular flexibility index (Phi) is 3.49. The fourth-order valence-electron chi connectivity index (χ4n) is 1.80. The first kappa shape index (κ1) is 11.3. The summed E-state index contributed by atoms with van der Waals surface area (Å²) in [5.74, 6) is 0. The summed E-state index contributed by atoms with van der Waals surface area (Å²) in [5, 5.41) is 14.4. The average Bonchev–Trinajstić information content (AvgIpc) is 2.40. The fraction of sp³-hybridized carbons (Fsp3) is 0.143. The summed E-state index contributed by atoms with van der Waals surface area (Å²) in [5.41, 5.74) is 0.910. The van der Waals surface area contributed by atoms with Gasteiger partial charge in [0.25, 0.3) is 0 Å². The van der Waals surface area contributed by atoms with E-state index in [4.69, 9.17) is 0 Å². The number of hydrogen-bond donors (Lipinski definition) is 1. The van der Waals surface area contributed by atoms with Crippen LogP contribution in [0.25, 0.3) is 10.8 Å². The van der Waals surface area contributed by atoms with Crippen LogP contribution in [0.2, 0.25) is 0 Å². The van der Waals surface area contributed by atoms with Crippen LogP contribution in [0.1, 0.15) is 11.6 Å². The van der Waals surface area contributed by atoms with Gasteiger partial charge in [0.2, 0.25) is 0 Å². The van der Waals surface area contributed by atoms with E-state index in [1.807, 2.05) is 24.3 Å². The van der Waals surface area contributed by atoms with E-state index in [1.54, 1.807) is 18.5 Å². The third-order valence-electron chi connectivity index (χ3n) is 2.61. The molecule has 1 atom stereocenters. The van der Waals surface area contributed by atoms with E-state index in [2.05, 4.69) is 22.9 Å². The highest BCUT2D eigenvalue weighted by Crippen LogP contribution is 2.22. The number of aromatic nitrogens is 1. The van der Waals surface area contributed by atoms with Gasteiger partial charge in [-0.15, -0.1) is 6.58 Å². The summed E-state index contributed by atoms with van der Waals surface area (Å²) < 4.78 is 0. The van der Waals surface area contributed by atoms with Crippen molar-refractivity contribution in [2.75, 3.05) is 6.54 Å². The van der Waals surface area contributed by atoms with Crippen LogP contribution in [-0.2, 0) is 0 Å². The number of nitriles is 1. The third kappa shape index (κ3) is 2.32. The van der Waals surface area contributed by atoms with Crippen LogP contribution >= 0.6 is 0 Å². The van der Waals surface area contributed by atoms with Gasteiger partial charge in [0.05, 0.1) is 6.07 Å². The normalized spacial score (nSPS) is 11.9. The lowest BCUT2D eigenvalue weighted by Gasteiger charge is -2.12. The summed E-state index contributed by atoms with van der Waals surface area (Å²) in [6, 6.07) is 9.82. The molecule has 0 radical (unpaired) electrons. The molecule has 0 saturated heterocycles. The van der Waals surface area contributed by atoms with Crippen LogP contribution in [-0.4, -0.2) is 11.5 Å². The monoisotopic (exact) mass is 223 g/mol. The number of rotatable bonds is 4. The average molecular weight is 223 g/mol. The second-order valence-electron chi connectivity index (χ2n) is 3.71. The van der Waals surface area contributed by atoms with E-state index in [1.165, 1.54) is 0 Å². The standard InChI is InChI=1S/C14H13N3/c1-2-7-17-14(8-15)13-10-16-9-11-5-3-4-6-12(11)13/h2-6,9-10,14,17H,1,7H2. The van der Waals surface area contributed by atoms with Crippen molar-refractivity contribution in [2.45, 2.75) is 6.04 Å². The molecule has 1 aromatic heterocycles. The Morgan fingerprint density at radius 2 is 2.24 bits per heavy atom. The second kappa shape index (κ2) is 5.24. The zero-order valence-corrected chi connectivity index (χ0v) is 9.43. The first-order chi connectivity index (χ1) is 8.36. The number of pyridine rings is 1. The number of hydrogen-bond acceptors (Lipinski definition) is 3. The molecule has 0 fully saturated rings. The highest BCUT2D eigenvalue weighted by atomic mass is 14.9. The van der Waals surface area contributed by atoms with Gasteiger partial charge in [-0.2, -0.15) is 5.26 Å². The molecule has 0 amide bonds. The number of fused-ring (bicyclic) bond motifs is 1. The van der Waals surface area contributed by atoms with E-state index in [0.717, 1.165) is 16.3 Å². The maximum atomic E-state index is 9.19. The lowest BCUT2D eigenvalue weighted by Crippen LogP contribution is -2.20. The number of nitrogens with one attached hydrogen (secondary N) is 1. The molecule has 84 valence electrons. The van der Waals surface area contributed by atoms with Gasteiger partial charge < -0.3 is 0 Å². The fourth-order valence-corrected chi connectivity index (χ4v) is 1.80. The molecule has 3 nitrogen and oxygen atoms in total. The van der Waals surface area contributed by atoms with Crippen molar-refractivity contribution in [1.29, 1.82) is 5.26 Å². The first-order valence-corrected chi connectivity index (χ1v) is 5.43. The second-order valence-corrected chi connectivity index (χ2v) is 3.71. The van der Waals surface area contributed by atoms with Gasteiger partial charge in [0.1, 0.15) is 6.04 Å². The lowest BCUT2D eigenvalue weighted by molar-refractivity contribution is 0.685. The summed E-state index contributed by atoms with van der Waals surface area (Å²) >= 11 is 0. The smallest absolute Gasteiger partial charge is 0.123 e. The molecule has 0 spiro atoms. The largest absolute Gasteiger partial charge is 0.295 e. The van der Waals surface area contributed by atoms with Crippen molar-refractivity contribution in [3.05, 3.63) is 54.9 Å². The summed E-state index contributed by atoms with van der Waals surface area (Å²) in [6.45, 7) is 4.23. The Bertz CT molecular complexity index is 564. The summed E-state index contributed by atoms with van der Waals surface area (Å²) in [4.78, 5) is 4.17. The molecule has 0 saturated carbocycles. The quantitative estimate of drug-likeness (QED) is 0.810. The molecule has 1 unspecified atom stereocenters. The van der Waals surface area contributed by atoms with Crippen molar-refractivity contribution in [1.82, 2.24) is 10.3 Å². The molecule has 2 aromatic rings. The van der Waals surface area contributed by atoms with Crippen LogP contribution in [0.4, 0.5) is 0 Å². The Morgan fingerprint density at radius 1 is 1.41 bits per heavy atom. The van der Waals surface area contributed by atoms with E-state index in [-0.39, 0.29) is 6.04 Å². The maximum Gasteiger partial charge on any atom is 0.123 e. The Morgan fingerprint density at radius 3 is 3.00 bits per heavy atom. The molecule has 0 aliphatic carbocycles. The van der Waals surface area contributed by atoms with Gasteiger partial charge in [-0.3, -0.25) is 10.3 Å². The SMILES string of the molecule is C=CCNC(C#N)c1cncc2ccccc12. The number of nitrogens with zero attached hydrogens (tertiary/aromatic N) is 2. The molecule has 2 rings (SSSR count). The van der Waals surface area contributed by atoms with Crippen molar-refractivity contribution in [3.8, 4) is 6.07 Å².